The lowest BCUT2D eigenvalue weighted by atomic mass is 9.99. The monoisotopic (exact) mass is 318 g/mol. The first kappa shape index (κ1) is 15.9. The van der Waals surface area contributed by atoms with Crippen molar-refractivity contribution >= 4 is 23.0 Å². The summed E-state index contributed by atoms with van der Waals surface area (Å²) in [6.45, 7) is 1.52. The van der Waals surface area contributed by atoms with Gasteiger partial charge in [-0.3, -0.25) is 10.1 Å². The lowest BCUT2D eigenvalue weighted by Gasteiger charge is -2.39. The van der Waals surface area contributed by atoms with E-state index in [4.69, 9.17) is 16.3 Å². The van der Waals surface area contributed by atoms with Crippen LogP contribution in [0.4, 0.5) is 11.4 Å². The molecule has 116 valence electrons. The zero-order valence-corrected chi connectivity index (χ0v) is 11.8. The second kappa shape index (κ2) is 6.12. The van der Waals surface area contributed by atoms with Crippen LogP contribution >= 0.6 is 11.6 Å². The number of nitro benzene ring substituents is 1. The highest BCUT2D eigenvalue weighted by Gasteiger charge is 2.42. The van der Waals surface area contributed by atoms with E-state index in [1.165, 1.54) is 19.1 Å². The standard InChI is InChI=1S/C12H15ClN2O6/c1-5-9(16)10(17)11(18)12(21-5)14-7-3-2-6(13)4-8(7)15(19)20/h2-5,9-12,14,16-18H,1H3/t5-,9-,10+,11+,12+/m0/s1. The Morgan fingerprint density at radius 1 is 1.29 bits per heavy atom. The fourth-order valence-electron chi connectivity index (χ4n) is 2.10. The van der Waals surface area contributed by atoms with Crippen LogP contribution in [0.2, 0.25) is 5.02 Å². The van der Waals surface area contributed by atoms with Gasteiger partial charge in [0, 0.05) is 11.1 Å². The molecule has 1 aliphatic rings. The molecule has 2 rings (SSSR count). The maximum absolute atomic E-state index is 11.0. The van der Waals surface area contributed by atoms with Crippen LogP contribution in [0.5, 0.6) is 0 Å². The van der Waals surface area contributed by atoms with Crippen molar-refractivity contribution in [1.29, 1.82) is 0 Å². The third-order valence-corrected chi connectivity index (χ3v) is 3.54. The lowest BCUT2D eigenvalue weighted by Crippen LogP contribution is -2.58. The summed E-state index contributed by atoms with van der Waals surface area (Å²) >= 11 is 5.71. The van der Waals surface area contributed by atoms with Crippen molar-refractivity contribution in [3.05, 3.63) is 33.3 Å². The Balaban J connectivity index is 2.24. The lowest BCUT2D eigenvalue weighted by molar-refractivity contribution is -0.384. The van der Waals surface area contributed by atoms with E-state index in [2.05, 4.69) is 5.32 Å². The van der Waals surface area contributed by atoms with Crippen LogP contribution in [-0.2, 0) is 4.74 Å². The van der Waals surface area contributed by atoms with E-state index in [1.807, 2.05) is 0 Å². The minimum absolute atomic E-state index is 0.0873. The number of nitrogens with zero attached hydrogens (tertiary/aromatic N) is 1. The Hall–Kier alpha value is -1.45. The molecular weight excluding hydrogens is 304 g/mol. The molecule has 0 spiro atoms. The Labute approximate surface area is 125 Å². The first-order valence-corrected chi connectivity index (χ1v) is 6.59. The molecular formula is C12H15ClN2O6. The average molecular weight is 319 g/mol. The van der Waals surface area contributed by atoms with Gasteiger partial charge in [0.2, 0.25) is 0 Å². The number of aliphatic hydroxyl groups is 3. The molecule has 0 unspecified atom stereocenters. The largest absolute Gasteiger partial charge is 0.388 e. The van der Waals surface area contributed by atoms with Gasteiger partial charge in [0.15, 0.2) is 6.23 Å². The summed E-state index contributed by atoms with van der Waals surface area (Å²) in [5.41, 5.74) is -0.198. The van der Waals surface area contributed by atoms with Gasteiger partial charge >= 0.3 is 0 Å². The molecule has 0 saturated carbocycles. The quantitative estimate of drug-likeness (QED) is 0.472. The molecule has 1 aliphatic heterocycles. The molecule has 4 N–H and O–H groups in total. The summed E-state index contributed by atoms with van der Waals surface area (Å²) < 4.78 is 5.32. The average Bonchev–Trinajstić information content (AvgIpc) is 2.44. The Kier molecular flexibility index (Phi) is 4.64. The summed E-state index contributed by atoms with van der Waals surface area (Å²) in [6.07, 6.45) is -5.94. The van der Waals surface area contributed by atoms with Gasteiger partial charge in [-0.25, -0.2) is 0 Å². The molecule has 0 aromatic heterocycles. The number of halogens is 1. The molecule has 1 aromatic carbocycles. The van der Waals surface area contributed by atoms with Crippen molar-refractivity contribution in [2.75, 3.05) is 5.32 Å². The molecule has 1 heterocycles. The van der Waals surface area contributed by atoms with Gasteiger partial charge in [0.1, 0.15) is 24.0 Å². The highest BCUT2D eigenvalue weighted by Crippen LogP contribution is 2.30. The second-order valence-corrected chi connectivity index (χ2v) is 5.23. The van der Waals surface area contributed by atoms with Crippen molar-refractivity contribution in [3.8, 4) is 0 Å². The molecule has 1 fully saturated rings. The predicted octanol–water partition coefficient (Wildman–Crippen LogP) is 0.488. The predicted molar refractivity (Wildman–Crippen MR) is 74.1 cm³/mol. The number of ether oxygens (including phenoxy) is 1. The highest BCUT2D eigenvalue weighted by molar-refractivity contribution is 6.30. The van der Waals surface area contributed by atoms with Crippen LogP contribution in [0.3, 0.4) is 0 Å². The minimum Gasteiger partial charge on any atom is -0.388 e. The van der Waals surface area contributed by atoms with Gasteiger partial charge in [-0.05, 0) is 19.1 Å². The topological polar surface area (TPSA) is 125 Å². The zero-order valence-electron chi connectivity index (χ0n) is 11.0. The van der Waals surface area contributed by atoms with E-state index >= 15 is 0 Å². The molecule has 5 atom stereocenters. The van der Waals surface area contributed by atoms with Crippen molar-refractivity contribution in [2.45, 2.75) is 37.6 Å². The normalized spacial score (nSPS) is 32.7. The number of anilines is 1. The first-order chi connectivity index (χ1) is 9.81. The number of benzene rings is 1. The molecule has 8 nitrogen and oxygen atoms in total. The summed E-state index contributed by atoms with van der Waals surface area (Å²) in [5.74, 6) is 0. The van der Waals surface area contributed by atoms with Gasteiger partial charge < -0.3 is 25.4 Å². The van der Waals surface area contributed by atoms with Gasteiger partial charge in [-0.1, -0.05) is 11.6 Å². The fraction of sp³-hybridized carbons (Fsp3) is 0.500. The molecule has 0 aliphatic carbocycles. The van der Waals surface area contributed by atoms with Crippen LogP contribution in [0.15, 0.2) is 18.2 Å². The van der Waals surface area contributed by atoms with Crippen LogP contribution in [0, 0.1) is 10.1 Å². The maximum atomic E-state index is 11.0. The van der Waals surface area contributed by atoms with E-state index in [0.29, 0.717) is 0 Å². The number of rotatable bonds is 3. The fourth-order valence-corrected chi connectivity index (χ4v) is 2.27. The van der Waals surface area contributed by atoms with Crippen molar-refractivity contribution < 1.29 is 25.0 Å². The number of hydrogen-bond acceptors (Lipinski definition) is 7. The van der Waals surface area contributed by atoms with Gasteiger partial charge in [0.25, 0.3) is 5.69 Å². The van der Waals surface area contributed by atoms with Crippen LogP contribution in [-0.4, -0.2) is 50.9 Å². The molecule has 0 amide bonds. The van der Waals surface area contributed by atoms with Crippen molar-refractivity contribution in [1.82, 2.24) is 0 Å². The Morgan fingerprint density at radius 2 is 1.95 bits per heavy atom. The van der Waals surface area contributed by atoms with Gasteiger partial charge in [0.05, 0.1) is 11.0 Å². The number of nitro groups is 1. The summed E-state index contributed by atoms with van der Waals surface area (Å²) in [6, 6.07) is 3.98. The molecule has 0 radical (unpaired) electrons. The number of aliphatic hydroxyl groups excluding tert-OH is 3. The molecule has 1 saturated heterocycles. The molecule has 0 bridgehead atoms. The van der Waals surface area contributed by atoms with Crippen LogP contribution in [0.25, 0.3) is 0 Å². The maximum Gasteiger partial charge on any atom is 0.293 e. The third-order valence-electron chi connectivity index (χ3n) is 3.31. The van der Waals surface area contributed by atoms with E-state index in [9.17, 15) is 25.4 Å². The Bertz CT molecular complexity index is 542. The summed E-state index contributed by atoms with van der Waals surface area (Å²) in [5, 5.41) is 43.0. The third kappa shape index (κ3) is 3.25. The van der Waals surface area contributed by atoms with Crippen molar-refractivity contribution in [3.63, 3.8) is 0 Å². The van der Waals surface area contributed by atoms with Gasteiger partial charge in [-0.15, -0.1) is 0 Å². The SMILES string of the molecule is C[C@@H]1O[C@@H](Nc2ccc(Cl)cc2[N+](=O)[O-])[C@H](O)[C@H](O)[C@H]1O. The van der Waals surface area contributed by atoms with E-state index < -0.39 is 35.6 Å². The smallest absolute Gasteiger partial charge is 0.293 e. The van der Waals surface area contributed by atoms with E-state index in [0.717, 1.165) is 6.07 Å². The molecule has 1 aromatic rings. The first-order valence-electron chi connectivity index (χ1n) is 6.21. The van der Waals surface area contributed by atoms with E-state index in [1.54, 1.807) is 0 Å². The number of hydrogen-bond donors (Lipinski definition) is 4. The summed E-state index contributed by atoms with van der Waals surface area (Å²) in [4.78, 5) is 10.4. The van der Waals surface area contributed by atoms with Crippen LogP contribution < -0.4 is 5.32 Å². The molecule has 9 heteroatoms. The Morgan fingerprint density at radius 3 is 2.57 bits per heavy atom. The summed E-state index contributed by atoms with van der Waals surface area (Å²) in [7, 11) is 0. The number of nitrogens with one attached hydrogen (secondary N) is 1. The minimum atomic E-state index is -1.44. The van der Waals surface area contributed by atoms with Crippen molar-refractivity contribution in [2.24, 2.45) is 0 Å². The highest BCUT2D eigenvalue weighted by atomic mass is 35.5. The molecule has 21 heavy (non-hydrogen) atoms. The zero-order chi connectivity index (χ0) is 15.7. The van der Waals surface area contributed by atoms with E-state index in [-0.39, 0.29) is 16.4 Å². The second-order valence-electron chi connectivity index (χ2n) is 4.80. The van der Waals surface area contributed by atoms with Gasteiger partial charge in [-0.2, -0.15) is 0 Å². The van der Waals surface area contributed by atoms with Crippen LogP contribution in [0.1, 0.15) is 6.92 Å².